The van der Waals surface area contributed by atoms with E-state index in [0.29, 0.717) is 5.57 Å². The van der Waals surface area contributed by atoms with Crippen LogP contribution >= 0.6 is 27.5 Å². The van der Waals surface area contributed by atoms with Gasteiger partial charge in [0.2, 0.25) is 0 Å². The Morgan fingerprint density at radius 3 is 2.63 bits per heavy atom. The Balaban J connectivity index is 0.00000261. The van der Waals surface area contributed by atoms with Crippen molar-refractivity contribution in [3.05, 3.63) is 67.9 Å². The number of aromatic nitrogens is 2. The fraction of sp³-hybridized carbons (Fsp3) is 0.235. The molecule has 10 heteroatoms. The van der Waals surface area contributed by atoms with Gasteiger partial charge in [-0.25, -0.2) is 9.18 Å². The van der Waals surface area contributed by atoms with Gasteiger partial charge in [0.15, 0.2) is 4.58 Å². The van der Waals surface area contributed by atoms with E-state index < -0.39 is 28.3 Å². The normalized spacial score (nSPS) is 18.9. The molecule has 6 nitrogen and oxygen atoms in total. The van der Waals surface area contributed by atoms with E-state index in [1.807, 2.05) is 0 Å². The van der Waals surface area contributed by atoms with E-state index in [-0.39, 0.29) is 58.4 Å². The predicted molar refractivity (Wildman–Crippen MR) is 97.1 cm³/mol. The van der Waals surface area contributed by atoms with Crippen molar-refractivity contribution in [3.8, 4) is 0 Å². The number of hydrogen-bond donors (Lipinski definition) is 0. The summed E-state index contributed by atoms with van der Waals surface area (Å²) in [6, 6.07) is 4.26. The van der Waals surface area contributed by atoms with Gasteiger partial charge in [-0.05, 0) is 45.8 Å². The largest absolute Gasteiger partial charge is 1.00 e. The van der Waals surface area contributed by atoms with Gasteiger partial charge in [-0.3, -0.25) is 13.9 Å². The number of halogens is 3. The van der Waals surface area contributed by atoms with Crippen LogP contribution in [0.4, 0.5) is 4.39 Å². The molecule has 1 heterocycles. The maximum atomic E-state index is 13.8. The molecule has 0 saturated heterocycles. The number of alkyl halides is 2. The third-order valence-electron chi connectivity index (χ3n) is 3.99. The number of rotatable bonds is 4. The summed E-state index contributed by atoms with van der Waals surface area (Å²) in [6.45, 7) is -0.831. The molecule has 0 aliphatic heterocycles. The molecule has 0 saturated carbocycles. The van der Waals surface area contributed by atoms with E-state index in [9.17, 15) is 23.9 Å². The minimum Gasteiger partial charge on any atom is -0.548 e. The number of carbonyl (C=O) groups is 1. The van der Waals surface area contributed by atoms with Crippen molar-refractivity contribution in [2.75, 3.05) is 0 Å². The molecule has 0 radical (unpaired) electrons. The summed E-state index contributed by atoms with van der Waals surface area (Å²) >= 11 is 8.80. The Morgan fingerprint density at radius 1 is 1.33 bits per heavy atom. The average molecular weight is 466 g/mol. The summed E-state index contributed by atoms with van der Waals surface area (Å²) in [6.07, 6.45) is 4.37. The number of benzene rings is 1. The quantitative estimate of drug-likeness (QED) is 0.407. The van der Waals surface area contributed by atoms with Gasteiger partial charge in [0.25, 0.3) is 5.56 Å². The van der Waals surface area contributed by atoms with Gasteiger partial charge in [-0.2, -0.15) is 0 Å². The van der Waals surface area contributed by atoms with E-state index in [1.165, 1.54) is 30.4 Å². The third kappa shape index (κ3) is 4.81. The number of carboxylic acid groups (broad SMARTS) is 1. The summed E-state index contributed by atoms with van der Waals surface area (Å²) in [5.74, 6) is -1.48. The van der Waals surface area contributed by atoms with Crippen LogP contribution in [-0.2, 0) is 17.9 Å². The Hall–Kier alpha value is -1.19. The molecule has 27 heavy (non-hydrogen) atoms. The van der Waals surface area contributed by atoms with Crippen molar-refractivity contribution >= 4 is 44.4 Å². The van der Waals surface area contributed by atoms with Crippen molar-refractivity contribution in [2.24, 2.45) is 0 Å². The molecule has 3 rings (SSSR count). The molecule has 1 aromatic heterocycles. The molecular weight excluding hydrogens is 454 g/mol. The van der Waals surface area contributed by atoms with Crippen LogP contribution in [0.5, 0.6) is 0 Å². The smallest absolute Gasteiger partial charge is 0.548 e. The van der Waals surface area contributed by atoms with E-state index in [4.69, 9.17) is 11.6 Å². The number of fused-ring (bicyclic) bond motifs is 1. The zero-order valence-corrected chi connectivity index (χ0v) is 18.6. The van der Waals surface area contributed by atoms with Gasteiger partial charge in [0, 0.05) is 11.4 Å². The van der Waals surface area contributed by atoms with Crippen LogP contribution in [0.1, 0.15) is 6.42 Å². The van der Waals surface area contributed by atoms with Crippen molar-refractivity contribution in [1.29, 1.82) is 0 Å². The molecule has 2 aromatic rings. The molecule has 0 amide bonds. The third-order valence-corrected chi connectivity index (χ3v) is 4.82. The first-order valence-corrected chi connectivity index (χ1v) is 8.74. The summed E-state index contributed by atoms with van der Waals surface area (Å²) < 4.78 is 13.9. The molecule has 0 spiro atoms. The zero-order valence-electron chi connectivity index (χ0n) is 14.2. The maximum Gasteiger partial charge on any atom is 1.00 e. The van der Waals surface area contributed by atoms with Crippen LogP contribution < -0.4 is 45.9 Å². The molecular formula is C17H12BrClFN2NaO4. The van der Waals surface area contributed by atoms with Crippen LogP contribution in [0.3, 0.4) is 0 Å². The van der Waals surface area contributed by atoms with E-state index in [2.05, 4.69) is 15.9 Å². The first kappa shape index (κ1) is 22.1. The molecule has 1 aliphatic rings. The fourth-order valence-electron chi connectivity index (χ4n) is 2.74. The molecule has 0 N–H and O–H groups in total. The second-order valence-electron chi connectivity index (χ2n) is 5.87. The summed E-state index contributed by atoms with van der Waals surface area (Å²) in [7, 11) is 0. The zero-order chi connectivity index (χ0) is 19.1. The minimum atomic E-state index is -1.66. The fourth-order valence-corrected chi connectivity index (χ4v) is 3.20. The molecule has 0 fully saturated rings. The Kier molecular flexibility index (Phi) is 6.91. The van der Waals surface area contributed by atoms with Crippen LogP contribution in [-0.4, -0.2) is 19.7 Å². The van der Waals surface area contributed by atoms with Crippen molar-refractivity contribution in [3.63, 3.8) is 0 Å². The monoisotopic (exact) mass is 464 g/mol. The standard InChI is InChI=1S/C17H13BrClFN2O4.Na/c18-17(20)5-3-10(4-6-17)8-22-15(25)12-2-1-11(19)7-13(12)21(16(22)26)9-14(23)24;/h1-5,7H,6,8-9H2,(H,23,24);/q;+1/p-1. The second kappa shape index (κ2) is 8.45. The van der Waals surface area contributed by atoms with Crippen molar-refractivity contribution in [2.45, 2.75) is 24.1 Å². The number of allylic oxidation sites excluding steroid dienone is 4. The number of hydrogen-bond acceptors (Lipinski definition) is 4. The average Bonchev–Trinajstić information content (AvgIpc) is 2.56. The predicted octanol–water partition coefficient (Wildman–Crippen LogP) is -1.48. The Labute approximate surface area is 188 Å². The number of nitrogens with zero attached hydrogens (tertiary/aromatic N) is 2. The van der Waals surface area contributed by atoms with Crippen LogP contribution in [0.15, 0.2) is 51.6 Å². The topological polar surface area (TPSA) is 84.1 Å². The molecule has 136 valence electrons. The SMILES string of the molecule is O=C([O-])Cn1c(=O)n(CC2=CCC(F)(Br)C=C2)c(=O)c2ccc(Cl)cc21.[Na+]. The molecule has 1 aliphatic carbocycles. The van der Waals surface area contributed by atoms with Crippen molar-refractivity contribution < 1.29 is 43.8 Å². The minimum absolute atomic E-state index is 0. The summed E-state index contributed by atoms with van der Waals surface area (Å²) in [5, 5.41) is 11.5. The maximum absolute atomic E-state index is 13.8. The van der Waals surface area contributed by atoms with E-state index in [1.54, 1.807) is 6.08 Å². The number of carboxylic acids is 1. The van der Waals surface area contributed by atoms with Gasteiger partial charge in [0.05, 0.1) is 30.0 Å². The Bertz CT molecular complexity index is 1090. The van der Waals surface area contributed by atoms with E-state index in [0.717, 1.165) is 9.13 Å². The number of aliphatic carboxylic acids is 1. The van der Waals surface area contributed by atoms with Gasteiger partial charge in [0.1, 0.15) is 0 Å². The Morgan fingerprint density at radius 2 is 2.04 bits per heavy atom. The van der Waals surface area contributed by atoms with Gasteiger partial charge < -0.3 is 9.90 Å². The van der Waals surface area contributed by atoms with Crippen molar-refractivity contribution in [1.82, 2.24) is 9.13 Å². The van der Waals surface area contributed by atoms with E-state index >= 15 is 0 Å². The first-order valence-electron chi connectivity index (χ1n) is 7.57. The van der Waals surface area contributed by atoms with Crippen LogP contribution in [0.2, 0.25) is 5.02 Å². The first-order chi connectivity index (χ1) is 12.2. The van der Waals surface area contributed by atoms with Crippen LogP contribution in [0, 0.1) is 0 Å². The molecule has 1 atom stereocenters. The molecule has 1 aromatic carbocycles. The summed E-state index contributed by atoms with van der Waals surface area (Å²) in [4.78, 5) is 36.5. The van der Waals surface area contributed by atoms with Gasteiger partial charge in [-0.15, -0.1) is 0 Å². The van der Waals surface area contributed by atoms with Gasteiger partial charge >= 0.3 is 35.2 Å². The van der Waals surface area contributed by atoms with Gasteiger partial charge in [-0.1, -0.05) is 23.8 Å². The number of carbonyl (C=O) groups excluding carboxylic acids is 1. The molecule has 1 unspecified atom stereocenters. The molecule has 0 bridgehead atoms. The second-order valence-corrected chi connectivity index (χ2v) is 7.63. The summed E-state index contributed by atoms with van der Waals surface area (Å²) in [5.41, 5.74) is -0.713. The van der Waals surface area contributed by atoms with Crippen LogP contribution in [0.25, 0.3) is 10.9 Å².